The van der Waals surface area contributed by atoms with E-state index in [2.05, 4.69) is 85.8 Å². The van der Waals surface area contributed by atoms with Crippen molar-refractivity contribution in [3.8, 4) is 0 Å². The minimum Gasteiger partial charge on any atom is -0.297 e. The molecular formula is C18H33ClN6. The summed E-state index contributed by atoms with van der Waals surface area (Å²) in [6, 6.07) is 1.77. The SMILES string of the molecule is CC(C)N(C)C(C)c1[nH]ncc1Cl.CC(C)N(C)C(C)c1cn[nH]c1. The van der Waals surface area contributed by atoms with Crippen LogP contribution in [0.15, 0.2) is 18.6 Å². The van der Waals surface area contributed by atoms with E-state index in [1.165, 1.54) is 5.56 Å². The van der Waals surface area contributed by atoms with Gasteiger partial charge in [-0.1, -0.05) is 11.6 Å². The minimum absolute atomic E-state index is 0.273. The molecule has 2 unspecified atom stereocenters. The predicted molar refractivity (Wildman–Crippen MR) is 105 cm³/mol. The van der Waals surface area contributed by atoms with Gasteiger partial charge >= 0.3 is 0 Å². The molecule has 0 spiro atoms. The van der Waals surface area contributed by atoms with Gasteiger partial charge in [0.25, 0.3) is 0 Å². The van der Waals surface area contributed by atoms with Crippen molar-refractivity contribution in [1.82, 2.24) is 30.2 Å². The van der Waals surface area contributed by atoms with E-state index in [1.807, 2.05) is 12.4 Å². The van der Waals surface area contributed by atoms with Crippen LogP contribution < -0.4 is 0 Å². The molecule has 0 aliphatic carbocycles. The first kappa shape index (κ1) is 21.7. The van der Waals surface area contributed by atoms with Crippen molar-refractivity contribution in [2.45, 2.75) is 65.7 Å². The van der Waals surface area contributed by atoms with Crippen molar-refractivity contribution >= 4 is 11.6 Å². The van der Waals surface area contributed by atoms with Crippen molar-refractivity contribution in [1.29, 1.82) is 0 Å². The Morgan fingerprint density at radius 3 is 1.84 bits per heavy atom. The number of H-pyrrole nitrogens is 2. The Morgan fingerprint density at radius 1 is 0.880 bits per heavy atom. The second kappa shape index (κ2) is 9.94. The number of nitrogens with zero attached hydrogens (tertiary/aromatic N) is 4. The van der Waals surface area contributed by atoms with Gasteiger partial charge in [0, 0.05) is 29.9 Å². The van der Waals surface area contributed by atoms with Gasteiger partial charge in [0.05, 0.1) is 29.2 Å². The van der Waals surface area contributed by atoms with Crippen LogP contribution in [0.1, 0.15) is 64.9 Å². The lowest BCUT2D eigenvalue weighted by molar-refractivity contribution is 0.207. The Labute approximate surface area is 156 Å². The highest BCUT2D eigenvalue weighted by Crippen LogP contribution is 2.24. The molecule has 7 heteroatoms. The molecule has 2 aromatic rings. The van der Waals surface area contributed by atoms with Crippen LogP contribution in [0.3, 0.4) is 0 Å². The Balaban J connectivity index is 0.000000251. The fourth-order valence-electron chi connectivity index (χ4n) is 2.40. The molecule has 0 bridgehead atoms. The fourth-order valence-corrected chi connectivity index (χ4v) is 2.65. The Hall–Kier alpha value is -1.37. The normalized spacial score (nSPS) is 14.1. The summed E-state index contributed by atoms with van der Waals surface area (Å²) < 4.78 is 0. The first-order chi connectivity index (χ1) is 11.7. The highest BCUT2D eigenvalue weighted by Gasteiger charge is 2.18. The Kier molecular flexibility index (Phi) is 8.62. The van der Waals surface area contributed by atoms with E-state index >= 15 is 0 Å². The van der Waals surface area contributed by atoms with E-state index in [0.29, 0.717) is 23.1 Å². The highest BCUT2D eigenvalue weighted by molar-refractivity contribution is 6.31. The summed E-state index contributed by atoms with van der Waals surface area (Å²) in [7, 11) is 4.20. The molecule has 2 heterocycles. The zero-order chi connectivity index (χ0) is 19.1. The Bertz CT molecular complexity index is 592. The van der Waals surface area contributed by atoms with Gasteiger partial charge in [0.15, 0.2) is 0 Å². The topological polar surface area (TPSA) is 63.8 Å². The molecule has 25 heavy (non-hydrogen) atoms. The third kappa shape index (κ3) is 6.13. The number of nitrogens with one attached hydrogen (secondary N) is 2. The molecule has 2 atom stereocenters. The minimum atomic E-state index is 0.273. The van der Waals surface area contributed by atoms with E-state index in [1.54, 1.807) is 6.20 Å². The van der Waals surface area contributed by atoms with Crippen LogP contribution >= 0.6 is 11.6 Å². The third-order valence-electron chi connectivity index (χ3n) is 4.89. The van der Waals surface area contributed by atoms with Gasteiger partial charge in [-0.15, -0.1) is 0 Å². The van der Waals surface area contributed by atoms with Gasteiger partial charge in [0.1, 0.15) is 0 Å². The lowest BCUT2D eigenvalue weighted by Crippen LogP contribution is -2.29. The van der Waals surface area contributed by atoms with E-state index in [9.17, 15) is 0 Å². The van der Waals surface area contributed by atoms with Gasteiger partial charge in [-0.05, 0) is 55.6 Å². The lowest BCUT2D eigenvalue weighted by Gasteiger charge is -2.27. The first-order valence-corrected chi connectivity index (χ1v) is 9.15. The van der Waals surface area contributed by atoms with Crippen molar-refractivity contribution in [3.05, 3.63) is 34.9 Å². The summed E-state index contributed by atoms with van der Waals surface area (Å²) in [5.74, 6) is 0. The van der Waals surface area contributed by atoms with Crippen LogP contribution in [-0.4, -0.2) is 56.4 Å². The molecule has 2 aromatic heterocycles. The molecule has 0 radical (unpaired) electrons. The van der Waals surface area contributed by atoms with Crippen molar-refractivity contribution in [2.75, 3.05) is 14.1 Å². The molecule has 142 valence electrons. The second-order valence-electron chi connectivity index (χ2n) is 7.03. The molecule has 0 amide bonds. The van der Waals surface area contributed by atoms with Crippen LogP contribution in [-0.2, 0) is 0 Å². The quantitative estimate of drug-likeness (QED) is 0.798. The third-order valence-corrected chi connectivity index (χ3v) is 5.19. The van der Waals surface area contributed by atoms with Crippen molar-refractivity contribution in [2.24, 2.45) is 0 Å². The summed E-state index contributed by atoms with van der Waals surface area (Å²) in [5.41, 5.74) is 2.23. The van der Waals surface area contributed by atoms with E-state index in [4.69, 9.17) is 11.6 Å². The lowest BCUT2D eigenvalue weighted by atomic mass is 10.1. The number of aromatic nitrogens is 4. The maximum Gasteiger partial charge on any atom is 0.0831 e. The van der Waals surface area contributed by atoms with Crippen molar-refractivity contribution < 1.29 is 0 Å². The molecule has 0 aliphatic heterocycles. The molecule has 6 nitrogen and oxygen atoms in total. The average molecular weight is 369 g/mol. The number of halogens is 1. The largest absolute Gasteiger partial charge is 0.297 e. The van der Waals surface area contributed by atoms with E-state index in [-0.39, 0.29) is 6.04 Å². The smallest absolute Gasteiger partial charge is 0.0831 e. The zero-order valence-corrected chi connectivity index (χ0v) is 17.5. The monoisotopic (exact) mass is 368 g/mol. The number of aromatic amines is 2. The van der Waals surface area contributed by atoms with Crippen LogP contribution in [0.4, 0.5) is 0 Å². The summed E-state index contributed by atoms with van der Waals surface area (Å²) in [4.78, 5) is 4.55. The zero-order valence-electron chi connectivity index (χ0n) is 16.7. The number of hydrogen-bond acceptors (Lipinski definition) is 4. The molecule has 0 saturated carbocycles. The molecule has 2 rings (SSSR count). The fraction of sp³-hybridized carbons (Fsp3) is 0.667. The maximum atomic E-state index is 5.96. The summed E-state index contributed by atoms with van der Waals surface area (Å²) in [6.07, 6.45) is 5.47. The van der Waals surface area contributed by atoms with E-state index < -0.39 is 0 Å². The van der Waals surface area contributed by atoms with Crippen LogP contribution in [0.5, 0.6) is 0 Å². The summed E-state index contributed by atoms with van der Waals surface area (Å²) in [6.45, 7) is 13.0. The van der Waals surface area contributed by atoms with Gasteiger partial charge in [-0.3, -0.25) is 20.0 Å². The average Bonchev–Trinajstić information content (AvgIpc) is 3.23. The van der Waals surface area contributed by atoms with Crippen LogP contribution in [0, 0.1) is 0 Å². The summed E-state index contributed by atoms with van der Waals surface area (Å²) >= 11 is 5.96. The second-order valence-corrected chi connectivity index (χ2v) is 7.44. The molecule has 2 N–H and O–H groups in total. The maximum absolute atomic E-state index is 5.96. The highest BCUT2D eigenvalue weighted by atomic mass is 35.5. The van der Waals surface area contributed by atoms with E-state index in [0.717, 1.165) is 5.69 Å². The van der Waals surface area contributed by atoms with Crippen LogP contribution in [0.2, 0.25) is 5.02 Å². The first-order valence-electron chi connectivity index (χ1n) is 8.78. The molecular weight excluding hydrogens is 336 g/mol. The Morgan fingerprint density at radius 2 is 1.44 bits per heavy atom. The van der Waals surface area contributed by atoms with Gasteiger partial charge in [-0.2, -0.15) is 10.2 Å². The van der Waals surface area contributed by atoms with Crippen molar-refractivity contribution in [3.63, 3.8) is 0 Å². The van der Waals surface area contributed by atoms with Crippen LogP contribution in [0.25, 0.3) is 0 Å². The van der Waals surface area contributed by atoms with Gasteiger partial charge < -0.3 is 0 Å². The van der Waals surface area contributed by atoms with Gasteiger partial charge in [0.2, 0.25) is 0 Å². The molecule has 0 fully saturated rings. The molecule has 0 aromatic carbocycles. The predicted octanol–water partition coefficient (Wildman–Crippen LogP) is 4.28. The summed E-state index contributed by atoms with van der Waals surface area (Å²) in [5, 5.41) is 14.3. The van der Waals surface area contributed by atoms with Gasteiger partial charge in [-0.25, -0.2) is 0 Å². The number of rotatable bonds is 6. The molecule has 0 saturated heterocycles. The number of hydrogen-bond donors (Lipinski definition) is 2. The molecule has 0 aliphatic rings. The standard InChI is InChI=1S/C9H16ClN3.C9H17N3/c1-6(2)13(4)7(3)9-8(10)5-11-12-9;1-7(2)12(4)8(3)9-5-10-11-6-9/h5-7H,1-4H3,(H,11,12);5-8H,1-4H3,(H,10,11).